The highest BCUT2D eigenvalue weighted by Crippen LogP contribution is 2.39. The van der Waals surface area contributed by atoms with Crippen LogP contribution in [0.2, 0.25) is 0 Å². The van der Waals surface area contributed by atoms with E-state index in [1.807, 2.05) is 53.5 Å². The van der Waals surface area contributed by atoms with Crippen LogP contribution in [-0.2, 0) is 5.54 Å². The number of pyridine rings is 2. The highest BCUT2D eigenvalue weighted by Gasteiger charge is 2.34. The van der Waals surface area contributed by atoms with Crippen LogP contribution in [0.25, 0.3) is 44.9 Å². The SMILES string of the molecule is NC1(c2ccc(-n3nc(-c4cccnn4)[n+]4ccc5ncc(-c6ccccc6)cc5c34)cc2)CCC1. The first-order chi connectivity index (χ1) is 17.7. The van der Waals surface area contributed by atoms with E-state index in [0.29, 0.717) is 11.5 Å². The van der Waals surface area contributed by atoms with Crippen molar-refractivity contribution in [2.75, 3.05) is 0 Å². The van der Waals surface area contributed by atoms with Crippen LogP contribution in [0.5, 0.6) is 0 Å². The van der Waals surface area contributed by atoms with Crippen LogP contribution in [-0.4, -0.2) is 25.0 Å². The molecule has 1 saturated carbocycles. The molecule has 4 aromatic heterocycles. The minimum absolute atomic E-state index is 0.203. The summed E-state index contributed by atoms with van der Waals surface area (Å²) in [4.78, 5) is 4.79. The fourth-order valence-electron chi connectivity index (χ4n) is 5.05. The number of nitrogens with zero attached hydrogens (tertiary/aromatic N) is 6. The van der Waals surface area contributed by atoms with E-state index in [1.54, 1.807) is 6.20 Å². The van der Waals surface area contributed by atoms with Gasteiger partial charge in [-0.3, -0.25) is 4.98 Å². The molecule has 0 unspecified atom stereocenters. The summed E-state index contributed by atoms with van der Waals surface area (Å²) in [7, 11) is 0. The van der Waals surface area contributed by atoms with Crippen molar-refractivity contribution in [2.45, 2.75) is 24.8 Å². The van der Waals surface area contributed by atoms with Crippen LogP contribution < -0.4 is 10.1 Å². The minimum atomic E-state index is -0.203. The predicted molar refractivity (Wildman–Crippen MR) is 138 cm³/mol. The van der Waals surface area contributed by atoms with Gasteiger partial charge in [0.05, 0.1) is 22.2 Å². The number of hydrogen-bond acceptors (Lipinski definition) is 5. The lowest BCUT2D eigenvalue weighted by Crippen LogP contribution is -2.43. The zero-order chi connectivity index (χ0) is 24.1. The standard InChI is InChI=1S/C29H24N7/c30-29(14-5-15-29)22-9-11-23(12-10-22)36-28-24-18-21(20-6-2-1-3-7-20)19-31-25(24)13-17-35(28)27(34-36)26-8-4-16-32-33-26/h1-4,6-13,16-19H,5,14-15,30H2/q+1. The van der Waals surface area contributed by atoms with Crippen molar-refractivity contribution in [3.05, 3.63) is 103 Å². The van der Waals surface area contributed by atoms with Crippen molar-refractivity contribution in [3.63, 3.8) is 0 Å². The zero-order valence-electron chi connectivity index (χ0n) is 19.6. The van der Waals surface area contributed by atoms with Gasteiger partial charge in [0.2, 0.25) is 0 Å². The molecule has 0 radical (unpaired) electrons. The van der Waals surface area contributed by atoms with Crippen LogP contribution in [0.4, 0.5) is 0 Å². The summed E-state index contributed by atoms with van der Waals surface area (Å²) in [5.74, 6) is 0.712. The molecule has 1 aliphatic carbocycles. The molecule has 36 heavy (non-hydrogen) atoms. The van der Waals surface area contributed by atoms with E-state index in [4.69, 9.17) is 15.8 Å². The van der Waals surface area contributed by atoms with Crippen LogP contribution in [0.1, 0.15) is 24.8 Å². The molecule has 0 bridgehead atoms. The van der Waals surface area contributed by atoms with Gasteiger partial charge in [-0.05, 0) is 66.8 Å². The number of nitrogens with two attached hydrogens (primary N) is 1. The molecule has 6 aromatic rings. The summed E-state index contributed by atoms with van der Waals surface area (Å²) >= 11 is 0. The van der Waals surface area contributed by atoms with E-state index in [1.165, 1.54) is 12.0 Å². The average molecular weight is 471 g/mol. The Balaban J connectivity index is 1.48. The van der Waals surface area contributed by atoms with Gasteiger partial charge in [-0.15, -0.1) is 5.10 Å². The second-order valence-corrected chi connectivity index (χ2v) is 9.43. The summed E-state index contributed by atoms with van der Waals surface area (Å²) in [6, 6.07) is 26.8. The molecule has 174 valence electrons. The lowest BCUT2D eigenvalue weighted by atomic mass is 9.73. The maximum Gasteiger partial charge on any atom is 0.334 e. The molecular weight excluding hydrogens is 446 g/mol. The third-order valence-electron chi connectivity index (χ3n) is 7.23. The number of rotatable bonds is 4. The molecule has 0 atom stereocenters. The van der Waals surface area contributed by atoms with Gasteiger partial charge in [0.25, 0.3) is 5.65 Å². The van der Waals surface area contributed by atoms with E-state index < -0.39 is 0 Å². The van der Waals surface area contributed by atoms with Crippen LogP contribution in [0, 0.1) is 0 Å². The molecule has 7 heteroatoms. The third kappa shape index (κ3) is 3.28. The first-order valence-corrected chi connectivity index (χ1v) is 12.2. The van der Waals surface area contributed by atoms with Crippen molar-refractivity contribution < 1.29 is 4.40 Å². The molecule has 7 rings (SSSR count). The Morgan fingerprint density at radius 3 is 2.44 bits per heavy atom. The van der Waals surface area contributed by atoms with Crippen molar-refractivity contribution in [3.8, 4) is 28.3 Å². The van der Waals surface area contributed by atoms with Gasteiger partial charge in [0, 0.05) is 23.5 Å². The fraction of sp³-hybridized carbons (Fsp3) is 0.138. The highest BCUT2D eigenvalue weighted by molar-refractivity contribution is 5.93. The van der Waals surface area contributed by atoms with Crippen molar-refractivity contribution in [1.29, 1.82) is 0 Å². The Labute approximate surface area is 207 Å². The summed E-state index contributed by atoms with van der Waals surface area (Å²) in [6.45, 7) is 0. The summed E-state index contributed by atoms with van der Waals surface area (Å²) in [6.07, 6.45) is 8.83. The van der Waals surface area contributed by atoms with E-state index >= 15 is 0 Å². The zero-order valence-corrected chi connectivity index (χ0v) is 19.6. The molecular formula is C29H24N7+. The Hall–Kier alpha value is -4.49. The van der Waals surface area contributed by atoms with E-state index in [9.17, 15) is 0 Å². The topological polar surface area (TPSA) is 86.6 Å². The smallest absolute Gasteiger partial charge is 0.321 e. The van der Waals surface area contributed by atoms with Gasteiger partial charge in [-0.1, -0.05) is 47.1 Å². The minimum Gasteiger partial charge on any atom is -0.321 e. The first-order valence-electron chi connectivity index (χ1n) is 12.2. The molecule has 1 aliphatic rings. The van der Waals surface area contributed by atoms with E-state index in [0.717, 1.165) is 46.2 Å². The normalized spacial score (nSPS) is 14.7. The first kappa shape index (κ1) is 20.8. The lowest BCUT2D eigenvalue weighted by Gasteiger charge is -2.38. The molecule has 0 saturated heterocycles. The van der Waals surface area contributed by atoms with Gasteiger partial charge < -0.3 is 5.73 Å². The van der Waals surface area contributed by atoms with Gasteiger partial charge >= 0.3 is 5.82 Å². The molecule has 1 fully saturated rings. The van der Waals surface area contributed by atoms with Gasteiger partial charge in [0.15, 0.2) is 5.69 Å². The van der Waals surface area contributed by atoms with Crippen LogP contribution >= 0.6 is 0 Å². The Kier molecular flexibility index (Phi) is 4.65. The van der Waals surface area contributed by atoms with Crippen molar-refractivity contribution in [2.24, 2.45) is 5.73 Å². The molecule has 7 nitrogen and oxygen atoms in total. The number of fused-ring (bicyclic) bond motifs is 3. The summed E-state index contributed by atoms with van der Waals surface area (Å²) < 4.78 is 4.03. The second-order valence-electron chi connectivity index (χ2n) is 9.43. The number of benzene rings is 2. The molecule has 0 spiro atoms. The Morgan fingerprint density at radius 2 is 1.72 bits per heavy atom. The quantitative estimate of drug-likeness (QED) is 0.380. The molecule has 0 amide bonds. The fourth-order valence-corrected chi connectivity index (χ4v) is 5.05. The molecule has 2 N–H and O–H groups in total. The highest BCUT2D eigenvalue weighted by atomic mass is 15.4. The van der Waals surface area contributed by atoms with Gasteiger partial charge in [0.1, 0.15) is 5.69 Å². The summed E-state index contributed by atoms with van der Waals surface area (Å²) in [5.41, 5.74) is 13.2. The Bertz CT molecular complexity index is 1700. The Morgan fingerprint density at radius 1 is 0.889 bits per heavy atom. The van der Waals surface area contributed by atoms with Crippen LogP contribution in [0.3, 0.4) is 0 Å². The predicted octanol–water partition coefficient (Wildman–Crippen LogP) is 4.62. The monoisotopic (exact) mass is 470 g/mol. The number of hydrogen-bond donors (Lipinski definition) is 1. The van der Waals surface area contributed by atoms with E-state index in [2.05, 4.69) is 57.1 Å². The number of aromatic nitrogens is 6. The van der Waals surface area contributed by atoms with Crippen molar-refractivity contribution >= 4 is 16.6 Å². The van der Waals surface area contributed by atoms with Gasteiger partial charge in [-0.2, -0.15) is 9.50 Å². The third-order valence-corrected chi connectivity index (χ3v) is 7.23. The molecule has 2 aromatic carbocycles. The van der Waals surface area contributed by atoms with E-state index in [-0.39, 0.29) is 5.54 Å². The molecule has 4 heterocycles. The maximum atomic E-state index is 6.58. The second kappa shape index (κ2) is 8.03. The van der Waals surface area contributed by atoms with Crippen LogP contribution in [0.15, 0.2) is 97.5 Å². The maximum absolute atomic E-state index is 6.58. The molecule has 0 aliphatic heterocycles. The largest absolute Gasteiger partial charge is 0.334 e. The lowest BCUT2D eigenvalue weighted by molar-refractivity contribution is -0.498. The van der Waals surface area contributed by atoms with Gasteiger partial charge in [-0.25, -0.2) is 0 Å². The average Bonchev–Trinajstić information content (AvgIpc) is 3.33. The van der Waals surface area contributed by atoms with Crippen molar-refractivity contribution in [1.82, 2.24) is 25.0 Å². The summed E-state index contributed by atoms with van der Waals surface area (Å²) in [5, 5.41) is 14.4.